The second kappa shape index (κ2) is 7.25. The predicted octanol–water partition coefficient (Wildman–Crippen LogP) is 2.99. The first-order chi connectivity index (χ1) is 12.4. The minimum atomic E-state index is -0.350. The molecule has 2 aromatic rings. The Morgan fingerprint density at radius 2 is 2.04 bits per heavy atom. The maximum absolute atomic E-state index is 12.8. The number of amides is 1. The van der Waals surface area contributed by atoms with Gasteiger partial charge in [0.2, 0.25) is 0 Å². The smallest absolute Gasteiger partial charge is 0.263 e. The maximum Gasteiger partial charge on any atom is 0.263 e. The largest absolute Gasteiger partial charge is 0.493 e. The van der Waals surface area contributed by atoms with Crippen molar-refractivity contribution < 1.29 is 14.3 Å². The van der Waals surface area contributed by atoms with E-state index >= 15 is 0 Å². The van der Waals surface area contributed by atoms with Crippen molar-refractivity contribution in [2.75, 3.05) is 20.8 Å². The topological polar surface area (TPSA) is 86.5 Å². The van der Waals surface area contributed by atoms with E-state index in [4.69, 9.17) is 15.2 Å². The van der Waals surface area contributed by atoms with E-state index < -0.39 is 0 Å². The number of methoxy groups -OCH3 is 2. The van der Waals surface area contributed by atoms with Crippen LogP contribution in [-0.4, -0.2) is 37.2 Å². The third-order valence-corrected chi connectivity index (χ3v) is 6.14. The number of nitrogens with zero attached hydrogens (tertiary/aromatic N) is 1. The van der Waals surface area contributed by atoms with Gasteiger partial charge in [0.25, 0.3) is 5.91 Å². The molecule has 1 amide bonds. The molecule has 1 unspecified atom stereocenters. The lowest BCUT2D eigenvalue weighted by Gasteiger charge is -2.29. The predicted molar refractivity (Wildman–Crippen MR) is 103 cm³/mol. The van der Waals surface area contributed by atoms with Crippen molar-refractivity contribution in [1.29, 1.82) is 0 Å². The standard InChI is InChI=1S/C19H25N3O3S/c1-11-16(17(23)22-19(2,10-20)13-6-7-13)26-18(21-11)12-5-8-14(24-3)15(9-12)25-4/h5,8-9,13H,6-7,10,20H2,1-4H3,(H,22,23). The molecule has 1 heterocycles. The number of thiazole rings is 1. The van der Waals surface area contributed by atoms with Crippen molar-refractivity contribution in [2.24, 2.45) is 11.7 Å². The van der Waals surface area contributed by atoms with E-state index in [2.05, 4.69) is 10.3 Å². The summed E-state index contributed by atoms with van der Waals surface area (Å²) in [7, 11) is 3.20. The fourth-order valence-corrected chi connectivity index (χ4v) is 4.01. The number of aromatic nitrogens is 1. The van der Waals surface area contributed by atoms with Crippen LogP contribution < -0.4 is 20.5 Å². The number of hydrogen-bond acceptors (Lipinski definition) is 6. The second-order valence-corrected chi connectivity index (χ2v) is 7.85. The first-order valence-electron chi connectivity index (χ1n) is 8.64. The van der Waals surface area contributed by atoms with Crippen LogP contribution in [0.15, 0.2) is 18.2 Å². The van der Waals surface area contributed by atoms with E-state index in [1.165, 1.54) is 11.3 Å². The zero-order chi connectivity index (χ0) is 18.9. The summed E-state index contributed by atoms with van der Waals surface area (Å²) >= 11 is 1.38. The monoisotopic (exact) mass is 375 g/mol. The molecule has 1 aromatic heterocycles. The molecule has 3 rings (SSSR count). The lowest BCUT2D eigenvalue weighted by Crippen LogP contribution is -2.53. The highest BCUT2D eigenvalue weighted by Crippen LogP contribution is 2.40. The highest BCUT2D eigenvalue weighted by Gasteiger charge is 2.42. The molecule has 1 saturated carbocycles. The van der Waals surface area contributed by atoms with Crippen LogP contribution in [0.3, 0.4) is 0 Å². The van der Waals surface area contributed by atoms with Gasteiger partial charge in [0.05, 0.1) is 25.5 Å². The Hall–Kier alpha value is -2.12. The van der Waals surface area contributed by atoms with Crippen molar-refractivity contribution in [3.05, 3.63) is 28.8 Å². The molecule has 0 aliphatic heterocycles. The highest BCUT2D eigenvalue weighted by molar-refractivity contribution is 7.17. The average Bonchev–Trinajstić information content (AvgIpc) is 3.43. The molecule has 26 heavy (non-hydrogen) atoms. The summed E-state index contributed by atoms with van der Waals surface area (Å²) in [6, 6.07) is 5.62. The Morgan fingerprint density at radius 1 is 1.35 bits per heavy atom. The van der Waals surface area contributed by atoms with Crippen LogP contribution in [-0.2, 0) is 0 Å². The van der Waals surface area contributed by atoms with E-state index in [0.717, 1.165) is 23.4 Å². The van der Waals surface area contributed by atoms with Gasteiger partial charge < -0.3 is 20.5 Å². The van der Waals surface area contributed by atoms with Gasteiger partial charge in [-0.2, -0.15) is 0 Å². The van der Waals surface area contributed by atoms with E-state index in [1.807, 2.05) is 32.0 Å². The fraction of sp³-hybridized carbons (Fsp3) is 0.474. The molecule has 0 spiro atoms. The van der Waals surface area contributed by atoms with Crippen molar-refractivity contribution in [3.63, 3.8) is 0 Å². The van der Waals surface area contributed by atoms with Crippen LogP contribution in [0.25, 0.3) is 10.6 Å². The molecule has 0 radical (unpaired) electrons. The lowest BCUT2D eigenvalue weighted by molar-refractivity contribution is 0.0901. The van der Waals surface area contributed by atoms with E-state index in [1.54, 1.807) is 14.2 Å². The fourth-order valence-electron chi connectivity index (χ4n) is 3.06. The molecular formula is C19H25N3O3S. The molecule has 0 bridgehead atoms. The van der Waals surface area contributed by atoms with Crippen LogP contribution in [0, 0.1) is 12.8 Å². The summed E-state index contributed by atoms with van der Waals surface area (Å²) in [6.07, 6.45) is 2.24. The number of benzene rings is 1. The van der Waals surface area contributed by atoms with Gasteiger partial charge >= 0.3 is 0 Å². The van der Waals surface area contributed by atoms with Crippen LogP contribution >= 0.6 is 11.3 Å². The molecule has 1 aliphatic rings. The van der Waals surface area contributed by atoms with Crippen molar-refractivity contribution >= 4 is 17.2 Å². The van der Waals surface area contributed by atoms with Crippen LogP contribution in [0.4, 0.5) is 0 Å². The summed E-state index contributed by atoms with van der Waals surface area (Å²) in [6.45, 7) is 4.31. The van der Waals surface area contributed by atoms with Gasteiger partial charge in [-0.3, -0.25) is 4.79 Å². The first kappa shape index (κ1) is 18.7. The second-order valence-electron chi connectivity index (χ2n) is 6.85. The summed E-state index contributed by atoms with van der Waals surface area (Å²) in [5.74, 6) is 1.65. The number of ether oxygens (including phenoxy) is 2. The average molecular weight is 375 g/mol. The molecule has 3 N–H and O–H groups in total. The van der Waals surface area contributed by atoms with Crippen LogP contribution in [0.5, 0.6) is 11.5 Å². The molecule has 6 nitrogen and oxygen atoms in total. The van der Waals surface area contributed by atoms with Gasteiger partial charge in [-0.05, 0) is 50.8 Å². The number of aryl methyl sites for hydroxylation is 1. The number of carbonyl (C=O) groups excluding carboxylic acids is 1. The summed E-state index contributed by atoms with van der Waals surface area (Å²) in [4.78, 5) is 18.0. The third kappa shape index (κ3) is 3.54. The zero-order valence-corrected chi connectivity index (χ0v) is 16.4. The Kier molecular flexibility index (Phi) is 5.20. The van der Waals surface area contributed by atoms with Crippen molar-refractivity contribution in [2.45, 2.75) is 32.2 Å². The van der Waals surface area contributed by atoms with E-state index in [-0.39, 0.29) is 11.4 Å². The molecule has 1 aromatic carbocycles. The first-order valence-corrected chi connectivity index (χ1v) is 9.46. The SMILES string of the molecule is COc1ccc(-c2nc(C)c(C(=O)NC(C)(CN)C3CC3)s2)cc1OC. The third-order valence-electron chi connectivity index (χ3n) is 4.93. The minimum absolute atomic E-state index is 0.105. The van der Waals surface area contributed by atoms with Gasteiger partial charge in [0.1, 0.15) is 9.88 Å². The van der Waals surface area contributed by atoms with Gasteiger partial charge in [-0.15, -0.1) is 11.3 Å². The minimum Gasteiger partial charge on any atom is -0.493 e. The van der Waals surface area contributed by atoms with Gasteiger partial charge in [0.15, 0.2) is 11.5 Å². The van der Waals surface area contributed by atoms with E-state index in [9.17, 15) is 4.79 Å². The Labute approximate surface area is 157 Å². The Bertz CT molecular complexity index is 816. The van der Waals surface area contributed by atoms with Crippen LogP contribution in [0.2, 0.25) is 0 Å². The molecule has 1 aliphatic carbocycles. The molecule has 140 valence electrons. The lowest BCUT2D eigenvalue weighted by atomic mass is 9.96. The highest BCUT2D eigenvalue weighted by atomic mass is 32.1. The molecule has 1 atom stereocenters. The molecular weight excluding hydrogens is 350 g/mol. The van der Waals surface area contributed by atoms with Crippen LogP contribution in [0.1, 0.15) is 35.1 Å². The quantitative estimate of drug-likeness (QED) is 0.777. The van der Waals surface area contributed by atoms with Gasteiger partial charge in [-0.1, -0.05) is 0 Å². The molecule has 0 saturated heterocycles. The number of nitrogens with one attached hydrogen (secondary N) is 1. The van der Waals surface area contributed by atoms with Crippen molar-refractivity contribution in [1.82, 2.24) is 10.3 Å². The number of rotatable bonds is 7. The summed E-state index contributed by atoms with van der Waals surface area (Å²) in [5.41, 5.74) is 7.17. The number of hydrogen-bond donors (Lipinski definition) is 2. The van der Waals surface area contributed by atoms with E-state index in [0.29, 0.717) is 34.5 Å². The van der Waals surface area contributed by atoms with Gasteiger partial charge in [-0.25, -0.2) is 4.98 Å². The zero-order valence-electron chi connectivity index (χ0n) is 15.6. The Morgan fingerprint density at radius 3 is 2.62 bits per heavy atom. The summed E-state index contributed by atoms with van der Waals surface area (Å²) in [5, 5.41) is 3.90. The molecule has 1 fully saturated rings. The van der Waals surface area contributed by atoms with Gasteiger partial charge in [0, 0.05) is 12.1 Å². The van der Waals surface area contributed by atoms with Crippen molar-refractivity contribution in [3.8, 4) is 22.1 Å². The molecule has 7 heteroatoms. The Balaban J connectivity index is 1.86. The normalized spacial score (nSPS) is 16.0. The summed E-state index contributed by atoms with van der Waals surface area (Å²) < 4.78 is 10.6. The number of carbonyl (C=O) groups is 1. The maximum atomic E-state index is 12.8. The number of nitrogens with two attached hydrogens (primary N) is 1.